The lowest BCUT2D eigenvalue weighted by molar-refractivity contribution is 0.199. The molecule has 0 saturated heterocycles. The van der Waals surface area contributed by atoms with E-state index in [1.165, 1.54) is 6.07 Å². The molecule has 0 heterocycles. The van der Waals surface area contributed by atoms with Crippen LogP contribution in [0.4, 0.5) is 4.39 Å². The molecule has 0 unspecified atom stereocenters. The fraction of sp³-hybridized carbons (Fsp3) is 0.250. The van der Waals surface area contributed by atoms with Crippen molar-refractivity contribution in [3.63, 3.8) is 0 Å². The van der Waals surface area contributed by atoms with Gasteiger partial charge in [-0.2, -0.15) is 0 Å². The van der Waals surface area contributed by atoms with Crippen LogP contribution in [-0.4, -0.2) is 20.3 Å². The minimum absolute atomic E-state index is 0.216. The van der Waals surface area contributed by atoms with Crippen LogP contribution in [0, 0.1) is 5.82 Å². The number of rotatable bonds is 7. The molecule has 0 atom stereocenters. The van der Waals surface area contributed by atoms with Gasteiger partial charge in [0, 0.05) is 24.7 Å². The van der Waals surface area contributed by atoms with Crippen LogP contribution in [0.25, 0.3) is 0 Å². The predicted molar refractivity (Wildman–Crippen MR) is 84.2 cm³/mol. The van der Waals surface area contributed by atoms with Gasteiger partial charge in [-0.25, -0.2) is 4.39 Å². The van der Waals surface area contributed by atoms with Crippen molar-refractivity contribution < 1.29 is 13.9 Å². The summed E-state index contributed by atoms with van der Waals surface area (Å²) < 4.78 is 25.4. The normalized spacial score (nSPS) is 10.6. The molecule has 0 aliphatic heterocycles. The third-order valence-electron chi connectivity index (χ3n) is 2.83. The summed E-state index contributed by atoms with van der Waals surface area (Å²) in [6, 6.07) is 12.3. The topological polar surface area (TPSA) is 30.5 Å². The molecule has 112 valence electrons. The van der Waals surface area contributed by atoms with Crippen LogP contribution >= 0.6 is 15.9 Å². The molecule has 1 N–H and O–H groups in total. The van der Waals surface area contributed by atoms with Gasteiger partial charge in [0.15, 0.2) is 11.6 Å². The van der Waals surface area contributed by atoms with Gasteiger partial charge in [-0.3, -0.25) is 0 Å². The first-order chi connectivity index (χ1) is 10.2. The van der Waals surface area contributed by atoms with Crippen molar-refractivity contribution in [3.8, 4) is 11.5 Å². The summed E-state index contributed by atoms with van der Waals surface area (Å²) in [6.07, 6.45) is 0. The number of methoxy groups -OCH3 is 1. The van der Waals surface area contributed by atoms with E-state index in [1.54, 1.807) is 25.3 Å². The van der Waals surface area contributed by atoms with Crippen molar-refractivity contribution in [1.29, 1.82) is 0 Å². The second-order valence-electron chi connectivity index (χ2n) is 4.49. The zero-order chi connectivity index (χ0) is 15.1. The van der Waals surface area contributed by atoms with E-state index in [4.69, 9.17) is 9.47 Å². The third kappa shape index (κ3) is 5.12. The van der Waals surface area contributed by atoms with E-state index in [1.807, 2.05) is 18.2 Å². The monoisotopic (exact) mass is 353 g/mol. The molecule has 2 rings (SSSR count). The summed E-state index contributed by atoms with van der Waals surface area (Å²) in [4.78, 5) is 0. The number of halogens is 2. The van der Waals surface area contributed by atoms with E-state index in [9.17, 15) is 4.39 Å². The van der Waals surface area contributed by atoms with Gasteiger partial charge < -0.3 is 14.8 Å². The van der Waals surface area contributed by atoms with Gasteiger partial charge in [0.25, 0.3) is 0 Å². The van der Waals surface area contributed by atoms with Gasteiger partial charge >= 0.3 is 0 Å². The molecule has 2 aromatic carbocycles. The lowest BCUT2D eigenvalue weighted by Gasteiger charge is -2.09. The first-order valence-corrected chi connectivity index (χ1v) is 7.40. The minimum atomic E-state index is -0.374. The molecule has 0 aliphatic carbocycles. The van der Waals surface area contributed by atoms with Crippen LogP contribution in [0.2, 0.25) is 0 Å². The molecule has 0 bridgehead atoms. The zero-order valence-electron chi connectivity index (χ0n) is 11.7. The molecule has 0 aromatic heterocycles. The summed E-state index contributed by atoms with van der Waals surface area (Å²) in [7, 11) is 1.65. The molecule has 5 heteroatoms. The Morgan fingerprint density at radius 1 is 1.19 bits per heavy atom. The molecule has 0 spiro atoms. The van der Waals surface area contributed by atoms with Gasteiger partial charge in [-0.05, 0) is 35.9 Å². The Hall–Kier alpha value is -1.43. The molecule has 0 saturated carbocycles. The number of hydrogen-bond acceptors (Lipinski definition) is 3. The number of benzene rings is 2. The van der Waals surface area contributed by atoms with Crippen molar-refractivity contribution in [3.05, 3.63) is 58.3 Å². The molecule has 0 fully saturated rings. The Morgan fingerprint density at radius 2 is 2.05 bits per heavy atom. The van der Waals surface area contributed by atoms with E-state index >= 15 is 0 Å². The van der Waals surface area contributed by atoms with Gasteiger partial charge in [0.05, 0.1) is 6.61 Å². The van der Waals surface area contributed by atoms with Gasteiger partial charge in [-0.1, -0.05) is 28.1 Å². The summed E-state index contributed by atoms with van der Waals surface area (Å²) >= 11 is 3.35. The van der Waals surface area contributed by atoms with Crippen LogP contribution in [0.5, 0.6) is 11.5 Å². The maximum atomic E-state index is 14.0. The average Bonchev–Trinajstić information content (AvgIpc) is 2.46. The highest BCUT2D eigenvalue weighted by molar-refractivity contribution is 9.10. The lowest BCUT2D eigenvalue weighted by Crippen LogP contribution is -2.18. The Labute approximate surface area is 132 Å². The average molecular weight is 354 g/mol. The lowest BCUT2D eigenvalue weighted by atomic mass is 10.2. The largest absolute Gasteiger partial charge is 0.454 e. The molecule has 2 aromatic rings. The Balaban J connectivity index is 1.98. The molecule has 0 radical (unpaired) electrons. The standard InChI is InChI=1S/C16H17BrFNO2/c1-20-8-7-19-11-12-5-6-16(15(18)9-12)21-14-4-2-3-13(17)10-14/h2-6,9-10,19H,7-8,11H2,1H3. The van der Waals surface area contributed by atoms with E-state index in [0.717, 1.165) is 16.6 Å². The molecule has 21 heavy (non-hydrogen) atoms. The van der Waals surface area contributed by atoms with Crippen molar-refractivity contribution in [2.45, 2.75) is 6.54 Å². The third-order valence-corrected chi connectivity index (χ3v) is 3.33. The van der Waals surface area contributed by atoms with Gasteiger partial charge in [0.2, 0.25) is 0 Å². The SMILES string of the molecule is COCCNCc1ccc(Oc2cccc(Br)c2)c(F)c1. The van der Waals surface area contributed by atoms with E-state index in [0.29, 0.717) is 18.9 Å². The second-order valence-corrected chi connectivity index (χ2v) is 5.41. The van der Waals surface area contributed by atoms with Gasteiger partial charge in [-0.15, -0.1) is 0 Å². The molecular formula is C16H17BrFNO2. The summed E-state index contributed by atoms with van der Waals surface area (Å²) in [5.74, 6) is 0.434. The molecule has 0 amide bonds. The quantitative estimate of drug-likeness (QED) is 0.759. The van der Waals surface area contributed by atoms with Crippen LogP contribution in [0.3, 0.4) is 0 Å². The first kappa shape index (κ1) is 15.9. The van der Waals surface area contributed by atoms with Crippen LogP contribution in [0.15, 0.2) is 46.9 Å². The Bertz CT molecular complexity index is 592. The highest BCUT2D eigenvalue weighted by Gasteiger charge is 2.06. The molecule has 0 aliphatic rings. The Kier molecular flexibility index (Phi) is 6.17. The highest BCUT2D eigenvalue weighted by Crippen LogP contribution is 2.27. The predicted octanol–water partition coefficient (Wildman–Crippen LogP) is 4.12. The van der Waals surface area contributed by atoms with Crippen molar-refractivity contribution in [2.75, 3.05) is 20.3 Å². The zero-order valence-corrected chi connectivity index (χ0v) is 13.3. The number of ether oxygens (including phenoxy) is 2. The number of nitrogens with one attached hydrogen (secondary N) is 1. The van der Waals surface area contributed by atoms with E-state index < -0.39 is 0 Å². The molecular weight excluding hydrogens is 337 g/mol. The maximum Gasteiger partial charge on any atom is 0.166 e. The van der Waals surface area contributed by atoms with Crippen LogP contribution in [0.1, 0.15) is 5.56 Å². The van der Waals surface area contributed by atoms with Crippen molar-refractivity contribution in [1.82, 2.24) is 5.32 Å². The van der Waals surface area contributed by atoms with E-state index in [-0.39, 0.29) is 11.6 Å². The summed E-state index contributed by atoms with van der Waals surface area (Å²) in [6.45, 7) is 1.96. The summed E-state index contributed by atoms with van der Waals surface area (Å²) in [5, 5.41) is 3.17. The van der Waals surface area contributed by atoms with Crippen molar-refractivity contribution >= 4 is 15.9 Å². The van der Waals surface area contributed by atoms with Gasteiger partial charge in [0.1, 0.15) is 5.75 Å². The number of hydrogen-bond donors (Lipinski definition) is 1. The van der Waals surface area contributed by atoms with Crippen molar-refractivity contribution in [2.24, 2.45) is 0 Å². The second kappa shape index (κ2) is 8.12. The maximum absolute atomic E-state index is 14.0. The fourth-order valence-corrected chi connectivity index (χ4v) is 2.18. The van der Waals surface area contributed by atoms with Crippen LogP contribution < -0.4 is 10.1 Å². The minimum Gasteiger partial charge on any atom is -0.454 e. The first-order valence-electron chi connectivity index (χ1n) is 6.60. The van der Waals surface area contributed by atoms with Crippen LogP contribution in [-0.2, 0) is 11.3 Å². The smallest absolute Gasteiger partial charge is 0.166 e. The highest BCUT2D eigenvalue weighted by atomic mass is 79.9. The summed E-state index contributed by atoms with van der Waals surface area (Å²) in [5.41, 5.74) is 0.866. The Morgan fingerprint density at radius 3 is 2.76 bits per heavy atom. The fourth-order valence-electron chi connectivity index (χ4n) is 1.80. The molecule has 3 nitrogen and oxygen atoms in total. The van der Waals surface area contributed by atoms with E-state index in [2.05, 4.69) is 21.2 Å².